The molecule has 1 saturated heterocycles. The van der Waals surface area contributed by atoms with Gasteiger partial charge in [-0.15, -0.1) is 0 Å². The van der Waals surface area contributed by atoms with Crippen LogP contribution in [0.25, 0.3) is 22.2 Å². The fourth-order valence-corrected chi connectivity index (χ4v) is 4.02. The number of carbonyl (C=O) groups excluding carboxylic acids is 1. The number of carbonyl (C=O) groups is 1. The first kappa shape index (κ1) is 21.3. The van der Waals surface area contributed by atoms with Crippen molar-refractivity contribution in [2.45, 2.75) is 6.10 Å². The molecule has 0 bridgehead atoms. The number of aromatic amines is 1. The summed E-state index contributed by atoms with van der Waals surface area (Å²) in [7, 11) is 0. The highest BCUT2D eigenvalue weighted by Gasteiger charge is 2.21. The summed E-state index contributed by atoms with van der Waals surface area (Å²) in [4.78, 5) is 32.8. The van der Waals surface area contributed by atoms with Gasteiger partial charge in [-0.1, -0.05) is 23.7 Å². The van der Waals surface area contributed by atoms with Crippen LogP contribution in [-0.4, -0.2) is 45.6 Å². The number of H-pyrrole nitrogens is 1. The number of aromatic nitrogens is 4. The van der Waals surface area contributed by atoms with Gasteiger partial charge in [-0.25, -0.2) is 19.5 Å². The monoisotopic (exact) mass is 465 g/mol. The summed E-state index contributed by atoms with van der Waals surface area (Å²) in [6.45, 7) is 2.12. The molecule has 2 N–H and O–H groups in total. The lowest BCUT2D eigenvalue weighted by Crippen LogP contribution is -2.33. The predicted molar refractivity (Wildman–Crippen MR) is 120 cm³/mol. The summed E-state index contributed by atoms with van der Waals surface area (Å²) in [6, 6.07) is 10.5. The molecule has 0 spiro atoms. The maximum absolute atomic E-state index is 15.0. The minimum Gasteiger partial charge on any atom is -0.371 e. The van der Waals surface area contributed by atoms with Crippen molar-refractivity contribution in [1.82, 2.24) is 25.5 Å². The van der Waals surface area contributed by atoms with E-state index < -0.39 is 17.2 Å². The van der Waals surface area contributed by atoms with Gasteiger partial charge in [0.05, 0.1) is 28.9 Å². The molecular formula is C23H17ClFN5O3. The molecule has 8 nitrogen and oxygen atoms in total. The smallest absolute Gasteiger partial charge is 0.264 e. The van der Waals surface area contributed by atoms with Crippen molar-refractivity contribution in [3.05, 3.63) is 86.8 Å². The highest BCUT2D eigenvalue weighted by molar-refractivity contribution is 6.35. The third-order valence-corrected chi connectivity index (χ3v) is 5.74. The highest BCUT2D eigenvalue weighted by Crippen LogP contribution is 2.33. The Kier molecular flexibility index (Phi) is 5.67. The van der Waals surface area contributed by atoms with E-state index in [1.807, 2.05) is 18.2 Å². The van der Waals surface area contributed by atoms with Gasteiger partial charge in [0.1, 0.15) is 17.8 Å². The van der Waals surface area contributed by atoms with Gasteiger partial charge < -0.3 is 10.1 Å². The second-order valence-electron chi connectivity index (χ2n) is 7.51. The van der Waals surface area contributed by atoms with Crippen LogP contribution in [0.4, 0.5) is 4.39 Å². The standard InChI is InChI=1S/C23H17ClFN5O3/c24-16-9-17(25)15(8-14(16)23(32)18-3-4-21(31)30-29-18)22-13-2-1-12(7-19(13)27-11-28-22)20-10-26-5-6-33-20/h1-4,7-9,11,20,26H,5-6,10H2,(H,30,31). The van der Waals surface area contributed by atoms with Crippen LogP contribution in [0.1, 0.15) is 27.7 Å². The van der Waals surface area contributed by atoms with E-state index in [-0.39, 0.29) is 27.9 Å². The van der Waals surface area contributed by atoms with Gasteiger partial charge in [-0.3, -0.25) is 9.59 Å². The van der Waals surface area contributed by atoms with E-state index >= 15 is 0 Å². The lowest BCUT2D eigenvalue weighted by atomic mass is 9.98. The van der Waals surface area contributed by atoms with Gasteiger partial charge in [0, 0.05) is 35.7 Å². The Hall–Kier alpha value is -3.53. The molecular weight excluding hydrogens is 449 g/mol. The molecule has 4 aromatic rings. The summed E-state index contributed by atoms with van der Waals surface area (Å²) in [6.07, 6.45) is 1.25. The van der Waals surface area contributed by atoms with Crippen LogP contribution in [-0.2, 0) is 4.74 Å². The van der Waals surface area contributed by atoms with Gasteiger partial charge in [-0.05, 0) is 29.8 Å². The second kappa shape index (κ2) is 8.78. The van der Waals surface area contributed by atoms with E-state index in [0.717, 1.165) is 18.2 Å². The fraction of sp³-hybridized carbons (Fsp3) is 0.174. The Balaban J connectivity index is 1.59. The number of nitrogens with one attached hydrogen (secondary N) is 2. The number of benzene rings is 2. The Morgan fingerprint density at radius 2 is 2.03 bits per heavy atom. The molecule has 0 amide bonds. The fourth-order valence-electron chi connectivity index (χ4n) is 3.78. The first-order chi connectivity index (χ1) is 16.0. The van der Waals surface area contributed by atoms with Crippen LogP contribution < -0.4 is 10.9 Å². The normalized spacial score (nSPS) is 16.1. The van der Waals surface area contributed by atoms with Gasteiger partial charge in [0.15, 0.2) is 0 Å². The largest absolute Gasteiger partial charge is 0.371 e. The maximum Gasteiger partial charge on any atom is 0.264 e. The number of hydrogen-bond donors (Lipinski definition) is 2. The Morgan fingerprint density at radius 1 is 1.15 bits per heavy atom. The topological polar surface area (TPSA) is 110 Å². The lowest BCUT2D eigenvalue weighted by Gasteiger charge is -2.24. The number of nitrogens with zero attached hydrogens (tertiary/aromatic N) is 3. The average molecular weight is 466 g/mol. The zero-order valence-electron chi connectivity index (χ0n) is 17.1. The molecule has 33 heavy (non-hydrogen) atoms. The summed E-state index contributed by atoms with van der Waals surface area (Å²) in [5, 5.41) is 9.78. The number of morpholine rings is 1. The molecule has 5 rings (SSSR count). The van der Waals surface area contributed by atoms with Crippen LogP contribution in [0, 0.1) is 5.82 Å². The van der Waals surface area contributed by atoms with Crippen LogP contribution in [0.15, 0.2) is 53.6 Å². The molecule has 0 aliphatic carbocycles. The van der Waals surface area contributed by atoms with E-state index in [1.165, 1.54) is 24.5 Å². The Bertz CT molecular complexity index is 1420. The summed E-state index contributed by atoms with van der Waals surface area (Å²) in [5.41, 5.74) is 1.57. The molecule has 0 saturated carbocycles. The van der Waals surface area contributed by atoms with Gasteiger partial charge in [-0.2, -0.15) is 5.10 Å². The van der Waals surface area contributed by atoms with Crippen molar-refractivity contribution in [3.63, 3.8) is 0 Å². The van der Waals surface area contributed by atoms with Crippen molar-refractivity contribution in [3.8, 4) is 11.3 Å². The van der Waals surface area contributed by atoms with Crippen molar-refractivity contribution in [2.75, 3.05) is 19.7 Å². The third kappa shape index (κ3) is 4.13. The molecule has 1 aliphatic rings. The zero-order chi connectivity index (χ0) is 22.9. The molecule has 2 aromatic heterocycles. The van der Waals surface area contributed by atoms with Crippen LogP contribution in [0.2, 0.25) is 5.02 Å². The molecule has 10 heteroatoms. The third-order valence-electron chi connectivity index (χ3n) is 5.43. The number of rotatable bonds is 4. The highest BCUT2D eigenvalue weighted by atomic mass is 35.5. The predicted octanol–water partition coefficient (Wildman–Crippen LogP) is 3.06. The number of ether oxygens (including phenoxy) is 1. The molecule has 3 heterocycles. The van der Waals surface area contributed by atoms with Gasteiger partial charge in [0.25, 0.3) is 5.56 Å². The van der Waals surface area contributed by atoms with E-state index in [9.17, 15) is 14.0 Å². The van der Waals surface area contributed by atoms with Crippen molar-refractivity contribution < 1.29 is 13.9 Å². The zero-order valence-corrected chi connectivity index (χ0v) is 17.9. The minimum atomic E-state index is -0.630. The summed E-state index contributed by atoms with van der Waals surface area (Å²) in [5.74, 6) is -1.19. The average Bonchev–Trinajstić information content (AvgIpc) is 2.84. The minimum absolute atomic E-state index is 0.0210. The number of fused-ring (bicyclic) bond motifs is 1. The molecule has 1 aliphatic heterocycles. The quantitative estimate of drug-likeness (QED) is 0.446. The summed E-state index contributed by atoms with van der Waals surface area (Å²) < 4.78 is 20.8. The van der Waals surface area contributed by atoms with Crippen molar-refractivity contribution >= 4 is 28.3 Å². The van der Waals surface area contributed by atoms with Crippen molar-refractivity contribution in [1.29, 1.82) is 0 Å². The van der Waals surface area contributed by atoms with Crippen LogP contribution in [0.3, 0.4) is 0 Å². The molecule has 0 radical (unpaired) electrons. The van der Waals surface area contributed by atoms with Crippen LogP contribution in [0.5, 0.6) is 0 Å². The SMILES string of the molecule is O=C(c1ccc(=O)[nH]n1)c1cc(-c2ncnc3cc(C4CNCCO4)ccc23)c(F)cc1Cl. The Morgan fingerprint density at radius 3 is 2.79 bits per heavy atom. The van der Waals surface area contributed by atoms with Crippen molar-refractivity contribution in [2.24, 2.45) is 0 Å². The van der Waals surface area contributed by atoms with Gasteiger partial charge >= 0.3 is 0 Å². The molecule has 166 valence electrons. The second-order valence-corrected chi connectivity index (χ2v) is 7.92. The Labute approximate surface area is 191 Å². The first-order valence-corrected chi connectivity index (χ1v) is 10.6. The van der Waals surface area contributed by atoms with E-state index in [4.69, 9.17) is 16.3 Å². The number of hydrogen-bond acceptors (Lipinski definition) is 7. The molecule has 1 atom stereocenters. The lowest BCUT2D eigenvalue weighted by molar-refractivity contribution is 0.0278. The van der Waals surface area contributed by atoms with Gasteiger partial charge in [0.2, 0.25) is 5.78 Å². The van der Waals surface area contributed by atoms with E-state index in [2.05, 4.69) is 25.5 Å². The number of halogens is 2. The molecule has 2 aromatic carbocycles. The number of ketones is 1. The van der Waals surface area contributed by atoms with E-state index in [0.29, 0.717) is 29.7 Å². The van der Waals surface area contributed by atoms with Crippen LogP contribution >= 0.6 is 11.6 Å². The molecule has 1 fully saturated rings. The molecule has 1 unspecified atom stereocenters. The maximum atomic E-state index is 15.0. The first-order valence-electron chi connectivity index (χ1n) is 10.2. The summed E-state index contributed by atoms with van der Waals surface area (Å²) >= 11 is 6.18. The van der Waals surface area contributed by atoms with E-state index in [1.54, 1.807) is 0 Å².